The monoisotopic (exact) mass is 262 g/mol. The van der Waals surface area contributed by atoms with Crippen LogP contribution in [0.1, 0.15) is 37.3 Å². The minimum Gasteiger partial charge on any atom is -0.389 e. The van der Waals surface area contributed by atoms with Crippen molar-refractivity contribution in [3.8, 4) is 0 Å². The molecule has 2 nitrogen and oxygen atoms in total. The van der Waals surface area contributed by atoms with Gasteiger partial charge in [0, 0.05) is 17.8 Å². The molecule has 1 aliphatic carbocycles. The zero-order chi connectivity index (χ0) is 13.1. The van der Waals surface area contributed by atoms with E-state index in [0.717, 1.165) is 29.6 Å². The minimum atomic E-state index is 0.473. The molecule has 1 fully saturated rings. The van der Waals surface area contributed by atoms with Gasteiger partial charge in [-0.2, -0.15) is 0 Å². The highest BCUT2D eigenvalue weighted by Gasteiger charge is 2.21. The molecule has 18 heavy (non-hydrogen) atoms. The van der Waals surface area contributed by atoms with Gasteiger partial charge >= 0.3 is 0 Å². The molecule has 0 heterocycles. The fourth-order valence-electron chi connectivity index (χ4n) is 2.78. The Bertz CT molecular complexity index is 442. The SMILES string of the molecule is Cc1ccc(NCC2CCC(C)C2)c(C(N)=S)c1. The van der Waals surface area contributed by atoms with Crippen LogP contribution in [0.2, 0.25) is 0 Å². The molecule has 2 atom stereocenters. The zero-order valence-corrected chi connectivity index (χ0v) is 12.0. The Morgan fingerprint density at radius 3 is 2.83 bits per heavy atom. The van der Waals surface area contributed by atoms with Crippen LogP contribution in [0.15, 0.2) is 18.2 Å². The molecule has 2 unspecified atom stereocenters. The average Bonchev–Trinajstić information content (AvgIpc) is 2.73. The van der Waals surface area contributed by atoms with Gasteiger partial charge in [0.2, 0.25) is 0 Å². The second-order valence-corrected chi connectivity index (χ2v) is 6.02. The van der Waals surface area contributed by atoms with Gasteiger partial charge in [-0.15, -0.1) is 0 Å². The molecule has 1 aromatic rings. The van der Waals surface area contributed by atoms with E-state index in [0.29, 0.717) is 4.99 Å². The normalized spacial score (nSPS) is 23.0. The zero-order valence-electron chi connectivity index (χ0n) is 11.2. The molecular formula is C15H22N2S. The Labute approximate surface area is 115 Å². The second-order valence-electron chi connectivity index (χ2n) is 5.58. The summed E-state index contributed by atoms with van der Waals surface area (Å²) >= 11 is 5.11. The number of benzene rings is 1. The summed E-state index contributed by atoms with van der Waals surface area (Å²) < 4.78 is 0. The predicted molar refractivity (Wildman–Crippen MR) is 82.1 cm³/mol. The van der Waals surface area contributed by atoms with Crippen molar-refractivity contribution in [2.45, 2.75) is 33.1 Å². The fraction of sp³-hybridized carbons (Fsp3) is 0.533. The Hall–Kier alpha value is -1.09. The molecule has 3 heteroatoms. The smallest absolute Gasteiger partial charge is 0.106 e. The Balaban J connectivity index is 2.02. The molecule has 1 saturated carbocycles. The first-order valence-electron chi connectivity index (χ1n) is 6.70. The highest BCUT2D eigenvalue weighted by Crippen LogP contribution is 2.30. The fourth-order valence-corrected chi connectivity index (χ4v) is 2.95. The van der Waals surface area contributed by atoms with Crippen molar-refractivity contribution in [1.82, 2.24) is 0 Å². The maximum Gasteiger partial charge on any atom is 0.106 e. The van der Waals surface area contributed by atoms with Crippen LogP contribution >= 0.6 is 12.2 Å². The standard InChI is InChI=1S/C15H22N2S/c1-10-3-5-12(7-10)9-17-14-6-4-11(2)8-13(14)15(16)18/h4,6,8,10,12,17H,3,5,7,9H2,1-2H3,(H2,16,18). The van der Waals surface area contributed by atoms with Gasteiger partial charge in [-0.3, -0.25) is 0 Å². The molecule has 98 valence electrons. The number of nitrogens with one attached hydrogen (secondary N) is 1. The van der Waals surface area contributed by atoms with Crippen LogP contribution in [0.4, 0.5) is 5.69 Å². The number of anilines is 1. The summed E-state index contributed by atoms with van der Waals surface area (Å²) in [6.07, 6.45) is 4.03. The lowest BCUT2D eigenvalue weighted by molar-refractivity contribution is 0.537. The van der Waals surface area contributed by atoms with Crippen molar-refractivity contribution in [1.29, 1.82) is 0 Å². The van der Waals surface area contributed by atoms with Gasteiger partial charge in [-0.05, 0) is 43.7 Å². The van der Waals surface area contributed by atoms with Gasteiger partial charge in [0.05, 0.1) is 0 Å². The first kappa shape index (κ1) is 13.3. The van der Waals surface area contributed by atoms with Gasteiger partial charge in [0.15, 0.2) is 0 Å². The lowest BCUT2D eigenvalue weighted by Gasteiger charge is -2.15. The van der Waals surface area contributed by atoms with Crippen molar-refractivity contribution in [2.24, 2.45) is 17.6 Å². The lowest BCUT2D eigenvalue weighted by atomic mass is 10.1. The molecule has 1 aliphatic rings. The minimum absolute atomic E-state index is 0.473. The first-order chi connectivity index (χ1) is 8.56. The van der Waals surface area contributed by atoms with Crippen LogP contribution in [-0.4, -0.2) is 11.5 Å². The quantitative estimate of drug-likeness (QED) is 0.816. The van der Waals surface area contributed by atoms with E-state index in [1.807, 2.05) is 0 Å². The average molecular weight is 262 g/mol. The Morgan fingerprint density at radius 2 is 2.22 bits per heavy atom. The predicted octanol–water partition coefficient (Wildman–Crippen LogP) is 3.48. The van der Waals surface area contributed by atoms with Crippen molar-refractivity contribution in [2.75, 3.05) is 11.9 Å². The van der Waals surface area contributed by atoms with E-state index < -0.39 is 0 Å². The molecule has 0 amide bonds. The third kappa shape index (κ3) is 3.22. The van der Waals surface area contributed by atoms with Crippen molar-refractivity contribution >= 4 is 22.9 Å². The number of nitrogens with two attached hydrogens (primary N) is 1. The maximum atomic E-state index is 5.78. The van der Waals surface area contributed by atoms with Gasteiger partial charge in [-0.1, -0.05) is 37.2 Å². The molecule has 2 rings (SSSR count). The van der Waals surface area contributed by atoms with E-state index in [1.54, 1.807) is 0 Å². The van der Waals surface area contributed by atoms with E-state index in [4.69, 9.17) is 18.0 Å². The summed E-state index contributed by atoms with van der Waals surface area (Å²) in [4.78, 5) is 0.473. The molecule has 1 aromatic carbocycles. The summed E-state index contributed by atoms with van der Waals surface area (Å²) in [5, 5.41) is 3.52. The summed E-state index contributed by atoms with van der Waals surface area (Å²) in [6, 6.07) is 6.24. The molecule has 0 bridgehead atoms. The number of hydrogen-bond acceptors (Lipinski definition) is 2. The van der Waals surface area contributed by atoms with Crippen molar-refractivity contribution in [3.05, 3.63) is 29.3 Å². The number of hydrogen-bond donors (Lipinski definition) is 2. The third-order valence-electron chi connectivity index (χ3n) is 3.83. The summed E-state index contributed by atoms with van der Waals surface area (Å²) in [5.74, 6) is 1.67. The van der Waals surface area contributed by atoms with Gasteiger partial charge in [0.25, 0.3) is 0 Å². The van der Waals surface area contributed by atoms with Gasteiger partial charge < -0.3 is 11.1 Å². The van der Waals surface area contributed by atoms with Crippen LogP contribution in [0, 0.1) is 18.8 Å². The van der Waals surface area contributed by atoms with Crippen molar-refractivity contribution in [3.63, 3.8) is 0 Å². The van der Waals surface area contributed by atoms with Crippen LogP contribution < -0.4 is 11.1 Å². The maximum absolute atomic E-state index is 5.78. The highest BCUT2D eigenvalue weighted by molar-refractivity contribution is 7.80. The second kappa shape index (κ2) is 5.70. The van der Waals surface area contributed by atoms with Crippen LogP contribution in [-0.2, 0) is 0 Å². The number of rotatable bonds is 4. The van der Waals surface area contributed by atoms with E-state index >= 15 is 0 Å². The Kier molecular flexibility index (Phi) is 4.23. The van der Waals surface area contributed by atoms with Crippen LogP contribution in [0.3, 0.4) is 0 Å². The Morgan fingerprint density at radius 1 is 1.44 bits per heavy atom. The van der Waals surface area contributed by atoms with Crippen LogP contribution in [0.25, 0.3) is 0 Å². The van der Waals surface area contributed by atoms with Crippen LogP contribution in [0.5, 0.6) is 0 Å². The molecule has 0 aliphatic heterocycles. The molecule has 0 saturated heterocycles. The lowest BCUT2D eigenvalue weighted by Crippen LogP contribution is -2.17. The largest absolute Gasteiger partial charge is 0.389 e. The third-order valence-corrected chi connectivity index (χ3v) is 4.05. The van der Waals surface area contributed by atoms with E-state index in [1.165, 1.54) is 24.8 Å². The topological polar surface area (TPSA) is 38.0 Å². The van der Waals surface area contributed by atoms with E-state index in [9.17, 15) is 0 Å². The summed E-state index contributed by atoms with van der Waals surface area (Å²) in [5.41, 5.74) is 9.02. The molecule has 0 radical (unpaired) electrons. The number of aryl methyl sites for hydroxylation is 1. The molecule has 0 aromatic heterocycles. The summed E-state index contributed by atoms with van der Waals surface area (Å²) in [7, 11) is 0. The highest BCUT2D eigenvalue weighted by atomic mass is 32.1. The first-order valence-corrected chi connectivity index (χ1v) is 7.11. The van der Waals surface area contributed by atoms with Crippen molar-refractivity contribution < 1.29 is 0 Å². The van der Waals surface area contributed by atoms with E-state index in [-0.39, 0.29) is 0 Å². The molecule has 0 spiro atoms. The van der Waals surface area contributed by atoms with Gasteiger partial charge in [-0.25, -0.2) is 0 Å². The number of thiocarbonyl (C=S) groups is 1. The molecule has 3 N–H and O–H groups in total. The summed E-state index contributed by atoms with van der Waals surface area (Å²) in [6.45, 7) is 5.43. The van der Waals surface area contributed by atoms with Gasteiger partial charge in [0.1, 0.15) is 4.99 Å². The van der Waals surface area contributed by atoms with E-state index in [2.05, 4.69) is 37.4 Å². The molecular weight excluding hydrogens is 240 g/mol.